The molecule has 0 radical (unpaired) electrons. The smallest absolute Gasteiger partial charge is 0.239 e. The number of furan rings is 1. The topological polar surface area (TPSA) is 71.3 Å². The summed E-state index contributed by atoms with van der Waals surface area (Å²) in [5, 5.41) is 5.58. The second-order valence-corrected chi connectivity index (χ2v) is 5.85. The third-order valence-electron chi connectivity index (χ3n) is 3.79. The number of carbonyl (C=O) groups excluding carboxylic acids is 2. The van der Waals surface area contributed by atoms with Crippen molar-refractivity contribution in [2.24, 2.45) is 5.41 Å². The Bertz CT molecular complexity index is 675. The highest BCUT2D eigenvalue weighted by Gasteiger charge is 2.36. The quantitative estimate of drug-likeness (QED) is 0.805. The van der Waals surface area contributed by atoms with Crippen LogP contribution < -0.4 is 10.6 Å². The summed E-state index contributed by atoms with van der Waals surface area (Å²) >= 11 is 0. The number of aryl methyl sites for hydroxylation is 1. The average Bonchev–Trinajstić information content (AvgIpc) is 3.06. The first-order chi connectivity index (χ1) is 10.9. The molecule has 0 unspecified atom stereocenters. The number of hydrogen-bond acceptors (Lipinski definition) is 3. The van der Waals surface area contributed by atoms with Crippen molar-refractivity contribution < 1.29 is 14.0 Å². The first-order valence-corrected chi connectivity index (χ1v) is 7.65. The van der Waals surface area contributed by atoms with Gasteiger partial charge in [0.15, 0.2) is 0 Å². The lowest BCUT2D eigenvalue weighted by molar-refractivity contribution is -0.138. The number of benzene rings is 1. The van der Waals surface area contributed by atoms with Gasteiger partial charge in [0, 0.05) is 5.69 Å². The van der Waals surface area contributed by atoms with Crippen molar-refractivity contribution in [2.75, 3.05) is 5.32 Å². The van der Waals surface area contributed by atoms with Gasteiger partial charge in [-0.15, -0.1) is 0 Å². The van der Waals surface area contributed by atoms with Gasteiger partial charge in [-0.1, -0.05) is 25.1 Å². The third-order valence-corrected chi connectivity index (χ3v) is 3.79. The minimum atomic E-state index is -1.19. The normalized spacial score (nSPS) is 11.1. The standard InChI is InChI=1S/C18H22N2O3/c1-4-13-8-5-6-10-15(13)20-17(22)18(2,3)16(21)19-12-14-9-7-11-23-14/h5-11H,4,12H2,1-3H3,(H,19,21)(H,20,22). The highest BCUT2D eigenvalue weighted by Crippen LogP contribution is 2.22. The van der Waals surface area contributed by atoms with Gasteiger partial charge in [-0.3, -0.25) is 9.59 Å². The Kier molecular flexibility index (Phi) is 5.21. The molecule has 5 nitrogen and oxygen atoms in total. The van der Waals surface area contributed by atoms with Crippen LogP contribution in [0.3, 0.4) is 0 Å². The van der Waals surface area contributed by atoms with Crippen LogP contribution in [0.2, 0.25) is 0 Å². The predicted molar refractivity (Wildman–Crippen MR) is 88.8 cm³/mol. The second kappa shape index (κ2) is 7.13. The molecule has 0 aliphatic rings. The summed E-state index contributed by atoms with van der Waals surface area (Å²) in [6.07, 6.45) is 2.35. The summed E-state index contributed by atoms with van der Waals surface area (Å²) in [6, 6.07) is 11.1. The van der Waals surface area contributed by atoms with Gasteiger partial charge in [0.05, 0.1) is 12.8 Å². The fraction of sp³-hybridized carbons (Fsp3) is 0.333. The maximum Gasteiger partial charge on any atom is 0.239 e. The van der Waals surface area contributed by atoms with Gasteiger partial charge in [-0.05, 0) is 44.0 Å². The van der Waals surface area contributed by atoms with Crippen LogP contribution in [0, 0.1) is 5.41 Å². The molecule has 1 heterocycles. The Morgan fingerprint density at radius 2 is 1.83 bits per heavy atom. The molecule has 2 rings (SSSR count). The molecule has 122 valence electrons. The largest absolute Gasteiger partial charge is 0.467 e. The van der Waals surface area contributed by atoms with E-state index in [-0.39, 0.29) is 18.4 Å². The number of carbonyl (C=O) groups is 2. The number of nitrogens with one attached hydrogen (secondary N) is 2. The third kappa shape index (κ3) is 4.00. The maximum atomic E-state index is 12.5. The lowest BCUT2D eigenvalue weighted by atomic mass is 9.90. The second-order valence-electron chi connectivity index (χ2n) is 5.85. The van der Waals surface area contributed by atoms with Crippen molar-refractivity contribution in [2.45, 2.75) is 33.7 Å². The van der Waals surface area contributed by atoms with Crippen LogP contribution in [-0.4, -0.2) is 11.8 Å². The van der Waals surface area contributed by atoms with Crippen molar-refractivity contribution in [3.05, 3.63) is 54.0 Å². The van der Waals surface area contributed by atoms with Gasteiger partial charge in [-0.2, -0.15) is 0 Å². The van der Waals surface area contributed by atoms with E-state index in [9.17, 15) is 9.59 Å². The minimum absolute atomic E-state index is 0.258. The van der Waals surface area contributed by atoms with Crippen LogP contribution in [0.5, 0.6) is 0 Å². The highest BCUT2D eigenvalue weighted by atomic mass is 16.3. The zero-order valence-corrected chi connectivity index (χ0v) is 13.7. The molecule has 0 aliphatic carbocycles. The number of rotatable bonds is 6. The van der Waals surface area contributed by atoms with E-state index < -0.39 is 5.41 Å². The van der Waals surface area contributed by atoms with Gasteiger partial charge >= 0.3 is 0 Å². The average molecular weight is 314 g/mol. The molecule has 2 amide bonds. The molecule has 1 aromatic heterocycles. The molecule has 1 aromatic carbocycles. The van der Waals surface area contributed by atoms with E-state index in [2.05, 4.69) is 10.6 Å². The summed E-state index contributed by atoms with van der Waals surface area (Å²) in [5.74, 6) is -0.0402. The van der Waals surface area contributed by atoms with Gasteiger partial charge in [0.25, 0.3) is 0 Å². The van der Waals surface area contributed by atoms with Crippen LogP contribution in [-0.2, 0) is 22.6 Å². The van der Waals surface area contributed by atoms with Crippen LogP contribution in [0.4, 0.5) is 5.69 Å². The number of para-hydroxylation sites is 1. The van der Waals surface area contributed by atoms with E-state index in [1.54, 1.807) is 32.2 Å². The predicted octanol–water partition coefficient (Wildman–Crippen LogP) is 3.12. The maximum absolute atomic E-state index is 12.5. The van der Waals surface area contributed by atoms with Crippen molar-refractivity contribution in [1.29, 1.82) is 0 Å². The molecule has 0 bridgehead atoms. The van der Waals surface area contributed by atoms with Crippen LogP contribution in [0.15, 0.2) is 47.1 Å². The van der Waals surface area contributed by atoms with E-state index >= 15 is 0 Å². The number of anilines is 1. The zero-order chi connectivity index (χ0) is 16.9. The van der Waals surface area contributed by atoms with Crippen molar-refractivity contribution in [1.82, 2.24) is 5.32 Å². The first-order valence-electron chi connectivity index (χ1n) is 7.65. The summed E-state index contributed by atoms with van der Waals surface area (Å²) in [4.78, 5) is 24.8. The van der Waals surface area contributed by atoms with Gasteiger partial charge in [0.2, 0.25) is 11.8 Å². The Labute approximate surface area is 136 Å². The van der Waals surface area contributed by atoms with Gasteiger partial charge in [0.1, 0.15) is 11.2 Å². The lowest BCUT2D eigenvalue weighted by Crippen LogP contribution is -2.44. The molecule has 0 atom stereocenters. The Balaban J connectivity index is 2.02. The first kappa shape index (κ1) is 16.8. The summed E-state index contributed by atoms with van der Waals surface area (Å²) in [7, 11) is 0. The highest BCUT2D eigenvalue weighted by molar-refractivity contribution is 6.10. The number of hydrogen-bond donors (Lipinski definition) is 2. The van der Waals surface area contributed by atoms with E-state index in [0.717, 1.165) is 17.7 Å². The fourth-order valence-electron chi connectivity index (χ4n) is 2.13. The van der Waals surface area contributed by atoms with Crippen LogP contribution >= 0.6 is 0 Å². The van der Waals surface area contributed by atoms with Crippen LogP contribution in [0.25, 0.3) is 0 Å². The molecule has 2 aromatic rings. The molecule has 5 heteroatoms. The Morgan fingerprint density at radius 1 is 1.09 bits per heavy atom. The zero-order valence-electron chi connectivity index (χ0n) is 13.7. The molecule has 23 heavy (non-hydrogen) atoms. The van der Waals surface area contributed by atoms with Gasteiger partial charge in [-0.25, -0.2) is 0 Å². The fourth-order valence-corrected chi connectivity index (χ4v) is 2.13. The lowest BCUT2D eigenvalue weighted by Gasteiger charge is -2.23. The van der Waals surface area contributed by atoms with Crippen molar-refractivity contribution in [3.8, 4) is 0 Å². The molecule has 0 saturated carbocycles. The van der Waals surface area contributed by atoms with E-state index in [1.807, 2.05) is 31.2 Å². The molecular formula is C18H22N2O3. The molecule has 0 aliphatic heterocycles. The monoisotopic (exact) mass is 314 g/mol. The molecule has 0 fully saturated rings. The summed E-state index contributed by atoms with van der Waals surface area (Å²) in [6.45, 7) is 5.49. The van der Waals surface area contributed by atoms with Gasteiger partial charge < -0.3 is 15.1 Å². The Morgan fingerprint density at radius 3 is 2.48 bits per heavy atom. The van der Waals surface area contributed by atoms with Crippen molar-refractivity contribution in [3.63, 3.8) is 0 Å². The molecular weight excluding hydrogens is 292 g/mol. The summed E-state index contributed by atoms with van der Waals surface area (Å²) in [5.41, 5.74) is 0.590. The van der Waals surface area contributed by atoms with E-state index in [0.29, 0.717) is 5.76 Å². The molecule has 2 N–H and O–H groups in total. The molecule has 0 saturated heterocycles. The molecule has 0 spiro atoms. The minimum Gasteiger partial charge on any atom is -0.467 e. The number of amides is 2. The van der Waals surface area contributed by atoms with E-state index in [4.69, 9.17) is 4.42 Å². The Hall–Kier alpha value is -2.56. The SMILES string of the molecule is CCc1ccccc1NC(=O)C(C)(C)C(=O)NCc1ccco1. The van der Waals surface area contributed by atoms with Crippen molar-refractivity contribution >= 4 is 17.5 Å². The van der Waals surface area contributed by atoms with E-state index in [1.165, 1.54) is 0 Å². The summed E-state index contributed by atoms with van der Waals surface area (Å²) < 4.78 is 5.17. The van der Waals surface area contributed by atoms with Crippen LogP contribution in [0.1, 0.15) is 32.1 Å².